The summed E-state index contributed by atoms with van der Waals surface area (Å²) in [6.45, 7) is 0. The van der Waals surface area contributed by atoms with Crippen molar-refractivity contribution < 1.29 is 119 Å². The fraction of sp³-hybridized carbons (Fsp3) is 0.364. The Labute approximate surface area is 248 Å². The van der Waals surface area contributed by atoms with E-state index >= 15 is 0 Å². The number of halogens is 18. The van der Waals surface area contributed by atoms with Crippen LogP contribution in [-0.2, 0) is 21.9 Å². The van der Waals surface area contributed by atoms with Crippen molar-refractivity contribution >= 4 is 29.5 Å². The van der Waals surface area contributed by atoms with Crippen molar-refractivity contribution in [1.82, 2.24) is 0 Å². The summed E-state index contributed by atoms with van der Waals surface area (Å²) < 4.78 is 259. The van der Waals surface area contributed by atoms with Crippen LogP contribution in [0.1, 0.15) is 37.4 Å². The molecule has 0 spiro atoms. The van der Waals surface area contributed by atoms with Gasteiger partial charge in [0.05, 0.1) is 39.0 Å². The van der Waals surface area contributed by atoms with Gasteiger partial charge in [0.25, 0.3) is 0 Å². The van der Waals surface area contributed by atoms with Crippen LogP contribution in [0.4, 0.5) is 79.0 Å². The van der Waals surface area contributed by atoms with Crippen molar-refractivity contribution in [3.05, 3.63) is 50.6 Å². The van der Waals surface area contributed by atoms with Gasteiger partial charge in [0, 0.05) is 0 Å². The van der Waals surface area contributed by atoms with Gasteiger partial charge in [-0.05, 0) is 17.2 Å². The highest BCUT2D eigenvalue weighted by molar-refractivity contribution is 6.09. The molecule has 0 fully saturated rings. The highest BCUT2D eigenvalue weighted by Crippen LogP contribution is 2.71. The van der Waals surface area contributed by atoms with Gasteiger partial charge in [-0.3, -0.25) is 0 Å². The minimum Gasteiger partial charge on any atom is -0.478 e. The van der Waals surface area contributed by atoms with Crippen molar-refractivity contribution in [2.24, 2.45) is 11.3 Å². The molecular weight excluding hydrogens is 734 g/mol. The largest absolute Gasteiger partial charge is 0.478 e. The van der Waals surface area contributed by atoms with Gasteiger partial charge in [-0.25, -0.2) is 19.2 Å². The topological polar surface area (TPSA) is 149 Å². The van der Waals surface area contributed by atoms with E-state index in [1.807, 2.05) is 0 Å². The standard InChI is InChI=1S/C22H6F18O8/c23-17(24,25)3-1-2(8(18(26,27)28)5(13(43)44)4(3)12(41)42)9-10(19(29,30)31)6(14(45)46)7(15(47)48)11(20(32,33)34)16(9,21(35,36)37)22(38,39)40/h1,11H,(H,41,42)(H,43,44)(H,45,46)(H,47,48). The molecule has 1 aliphatic rings. The Balaban J connectivity index is 4.02. The molecule has 0 saturated carbocycles. The second-order valence-corrected chi connectivity index (χ2v) is 9.13. The predicted octanol–water partition coefficient (Wildman–Crippen LogP) is 7.21. The fourth-order valence-electron chi connectivity index (χ4n) is 5.06. The van der Waals surface area contributed by atoms with Gasteiger partial charge in [-0.1, -0.05) is 0 Å². The van der Waals surface area contributed by atoms with Gasteiger partial charge in [0.15, 0.2) is 0 Å². The summed E-state index contributed by atoms with van der Waals surface area (Å²) in [5.41, 5.74) is -43.4. The molecule has 2 rings (SSSR count). The lowest BCUT2D eigenvalue weighted by Crippen LogP contribution is -2.63. The van der Waals surface area contributed by atoms with Gasteiger partial charge < -0.3 is 20.4 Å². The van der Waals surface area contributed by atoms with Gasteiger partial charge in [-0.2, -0.15) is 79.0 Å². The molecule has 0 radical (unpaired) electrons. The normalized spacial score (nSPS) is 18.2. The molecular formula is C22H6F18O8. The van der Waals surface area contributed by atoms with Gasteiger partial charge in [-0.15, -0.1) is 0 Å². The van der Waals surface area contributed by atoms with E-state index < -0.39 is 128 Å². The van der Waals surface area contributed by atoms with E-state index in [1.54, 1.807) is 0 Å². The molecule has 1 atom stereocenters. The summed E-state index contributed by atoms with van der Waals surface area (Å²) in [6.07, 6.45) is -45.6. The van der Waals surface area contributed by atoms with Crippen LogP contribution in [0.3, 0.4) is 0 Å². The number of allylic oxidation sites excluding steroid dienone is 1. The van der Waals surface area contributed by atoms with Crippen molar-refractivity contribution in [2.75, 3.05) is 0 Å². The second-order valence-electron chi connectivity index (χ2n) is 9.13. The number of aliphatic carboxylic acids is 2. The fourth-order valence-corrected chi connectivity index (χ4v) is 5.06. The van der Waals surface area contributed by atoms with Crippen LogP contribution >= 0.6 is 0 Å². The number of alkyl halides is 18. The van der Waals surface area contributed by atoms with Crippen LogP contribution in [0, 0.1) is 11.3 Å². The van der Waals surface area contributed by atoms with Crippen LogP contribution in [-0.4, -0.2) is 69.0 Å². The number of carboxylic acids is 4. The molecule has 1 unspecified atom stereocenters. The second kappa shape index (κ2) is 11.2. The zero-order chi connectivity index (χ0) is 38.3. The van der Waals surface area contributed by atoms with E-state index in [0.717, 1.165) is 0 Å². The third-order valence-corrected chi connectivity index (χ3v) is 6.45. The molecule has 0 aliphatic heterocycles. The number of hydrogen-bond acceptors (Lipinski definition) is 4. The maximum absolute atomic E-state index is 14.7. The molecule has 26 heteroatoms. The third-order valence-electron chi connectivity index (χ3n) is 6.45. The van der Waals surface area contributed by atoms with E-state index in [1.165, 1.54) is 0 Å². The summed E-state index contributed by atoms with van der Waals surface area (Å²) in [7, 11) is 0. The van der Waals surface area contributed by atoms with E-state index in [4.69, 9.17) is 10.2 Å². The number of benzene rings is 1. The third kappa shape index (κ3) is 6.06. The Morgan fingerprint density at radius 1 is 0.562 bits per heavy atom. The molecule has 0 aromatic heterocycles. The highest BCUT2D eigenvalue weighted by Gasteiger charge is 2.84. The van der Waals surface area contributed by atoms with Crippen molar-refractivity contribution in [3.63, 3.8) is 0 Å². The van der Waals surface area contributed by atoms with Crippen LogP contribution < -0.4 is 0 Å². The van der Waals surface area contributed by atoms with Crippen molar-refractivity contribution in [2.45, 2.75) is 37.1 Å². The molecule has 1 aliphatic carbocycles. The van der Waals surface area contributed by atoms with E-state index in [9.17, 15) is 108 Å². The summed E-state index contributed by atoms with van der Waals surface area (Å²) in [4.78, 5) is 46.6. The quantitative estimate of drug-likeness (QED) is 0.232. The average Bonchev–Trinajstić information content (AvgIpc) is 2.81. The SMILES string of the molecule is O=C(O)C1=C(C(=O)O)C(C(F)(F)F)C(C(F)(F)F)(C(F)(F)F)C(c2cc(C(F)(F)F)c(C(=O)O)c(C(=O)O)c2C(F)(F)F)=C1C(F)(F)F. The lowest BCUT2D eigenvalue weighted by molar-refractivity contribution is -0.359. The zero-order valence-corrected chi connectivity index (χ0v) is 21.4. The highest BCUT2D eigenvalue weighted by atomic mass is 19.4. The van der Waals surface area contributed by atoms with Crippen molar-refractivity contribution in [1.29, 1.82) is 0 Å². The van der Waals surface area contributed by atoms with E-state index in [2.05, 4.69) is 0 Å². The number of aromatic carboxylic acids is 2. The van der Waals surface area contributed by atoms with Gasteiger partial charge >= 0.3 is 60.9 Å². The Bertz CT molecular complexity index is 1630. The van der Waals surface area contributed by atoms with E-state index in [0.29, 0.717) is 0 Å². The predicted molar refractivity (Wildman–Crippen MR) is 110 cm³/mol. The van der Waals surface area contributed by atoms with Crippen LogP contribution in [0.25, 0.3) is 5.57 Å². The van der Waals surface area contributed by atoms with Crippen molar-refractivity contribution in [3.8, 4) is 0 Å². The van der Waals surface area contributed by atoms with Crippen LogP contribution in [0.15, 0.2) is 22.8 Å². The lowest BCUT2D eigenvalue weighted by Gasteiger charge is -2.49. The molecule has 0 heterocycles. The van der Waals surface area contributed by atoms with Gasteiger partial charge in [0.1, 0.15) is 5.92 Å². The number of rotatable bonds is 5. The average molecular weight is 740 g/mol. The molecule has 1 aromatic rings. The summed E-state index contributed by atoms with van der Waals surface area (Å²) in [5, 5.41) is 36.6. The lowest BCUT2D eigenvalue weighted by atomic mass is 9.57. The molecule has 268 valence electrons. The molecule has 1 aromatic carbocycles. The summed E-state index contributed by atoms with van der Waals surface area (Å²) in [6, 6.07) is -1.94. The molecule has 0 saturated heterocycles. The number of carboxylic acid groups (broad SMARTS) is 4. The summed E-state index contributed by atoms with van der Waals surface area (Å²) >= 11 is 0. The van der Waals surface area contributed by atoms with Gasteiger partial charge in [0.2, 0.25) is 5.41 Å². The maximum Gasteiger partial charge on any atom is 0.417 e. The first-order valence-electron chi connectivity index (χ1n) is 11.1. The Morgan fingerprint density at radius 2 is 0.979 bits per heavy atom. The van der Waals surface area contributed by atoms with Crippen LogP contribution in [0.5, 0.6) is 0 Å². The number of hydrogen-bond donors (Lipinski definition) is 4. The maximum atomic E-state index is 14.7. The number of carbonyl (C=O) groups is 4. The molecule has 4 N–H and O–H groups in total. The monoisotopic (exact) mass is 740 g/mol. The molecule has 0 amide bonds. The first-order valence-corrected chi connectivity index (χ1v) is 11.1. The summed E-state index contributed by atoms with van der Waals surface area (Å²) in [5.74, 6) is -21.2. The minimum atomic E-state index is -8.25. The first kappa shape index (κ1) is 39.5. The first-order chi connectivity index (χ1) is 21.0. The molecule has 0 bridgehead atoms. The Morgan fingerprint density at radius 3 is 1.23 bits per heavy atom. The minimum absolute atomic E-state index is 1.94. The zero-order valence-electron chi connectivity index (χ0n) is 21.4. The van der Waals surface area contributed by atoms with E-state index in [-0.39, 0.29) is 0 Å². The van der Waals surface area contributed by atoms with Crippen LogP contribution in [0.2, 0.25) is 0 Å². The molecule has 48 heavy (non-hydrogen) atoms. The Hall–Kier alpha value is -4.68. The smallest absolute Gasteiger partial charge is 0.417 e. The Kier molecular flexibility index (Phi) is 9.22. The molecule has 8 nitrogen and oxygen atoms in total.